The number of aryl methyl sites for hydroxylation is 1. The average Bonchev–Trinajstić information content (AvgIpc) is 3.01. The van der Waals surface area contributed by atoms with E-state index in [-0.39, 0.29) is 11.6 Å². The van der Waals surface area contributed by atoms with Crippen LogP contribution in [0.2, 0.25) is 0 Å². The van der Waals surface area contributed by atoms with Crippen LogP contribution < -0.4 is 11.3 Å². The van der Waals surface area contributed by atoms with Crippen molar-refractivity contribution in [1.82, 2.24) is 14.5 Å². The van der Waals surface area contributed by atoms with Crippen LogP contribution in [0.15, 0.2) is 11.0 Å². The molecule has 3 heterocycles. The van der Waals surface area contributed by atoms with Gasteiger partial charge in [0.2, 0.25) is 5.95 Å². The SMILES string of the molecule is CO[C@@H]1C(O)[C@@H](OCP(=O)(O)O)O[C@H]1n1cc(C)c2c(=O)[nH]c(N)nc21. The molecule has 12 nitrogen and oxygen atoms in total. The number of hydrogen-bond donors (Lipinski definition) is 5. The molecular weight excluding hydrogens is 371 g/mol. The van der Waals surface area contributed by atoms with Crippen LogP contribution in [-0.2, 0) is 18.8 Å². The number of anilines is 1. The highest BCUT2D eigenvalue weighted by Crippen LogP contribution is 2.39. The minimum Gasteiger partial charge on any atom is -0.385 e. The maximum absolute atomic E-state index is 12.1. The third-order valence-electron chi connectivity index (χ3n) is 4.01. The van der Waals surface area contributed by atoms with Crippen molar-refractivity contribution >= 4 is 24.6 Å². The van der Waals surface area contributed by atoms with Gasteiger partial charge in [0.15, 0.2) is 24.5 Å². The second-order valence-electron chi connectivity index (χ2n) is 5.92. The van der Waals surface area contributed by atoms with Gasteiger partial charge >= 0.3 is 7.60 Å². The van der Waals surface area contributed by atoms with Crippen molar-refractivity contribution in [2.45, 2.75) is 31.6 Å². The predicted molar refractivity (Wildman–Crippen MR) is 88.2 cm³/mol. The smallest absolute Gasteiger partial charge is 0.351 e. The van der Waals surface area contributed by atoms with Crippen LogP contribution >= 0.6 is 7.60 Å². The molecule has 3 rings (SSSR count). The van der Waals surface area contributed by atoms with Crippen molar-refractivity contribution in [1.29, 1.82) is 0 Å². The third kappa shape index (κ3) is 3.40. The molecule has 1 fully saturated rings. The summed E-state index contributed by atoms with van der Waals surface area (Å²) >= 11 is 0. The first kappa shape index (κ1) is 19.0. The molecule has 0 saturated carbocycles. The number of hydrogen-bond acceptors (Lipinski definition) is 8. The van der Waals surface area contributed by atoms with Crippen LogP contribution in [0.3, 0.4) is 0 Å². The largest absolute Gasteiger partial charge is 0.385 e. The number of aliphatic hydroxyl groups is 1. The second-order valence-corrected chi connectivity index (χ2v) is 7.50. The van der Waals surface area contributed by atoms with E-state index in [9.17, 15) is 14.5 Å². The quantitative estimate of drug-likeness (QED) is 0.397. The summed E-state index contributed by atoms with van der Waals surface area (Å²) in [6, 6.07) is 0. The Morgan fingerprint density at radius 1 is 1.50 bits per heavy atom. The molecule has 2 aromatic heterocycles. The van der Waals surface area contributed by atoms with Crippen molar-refractivity contribution in [2.24, 2.45) is 0 Å². The van der Waals surface area contributed by atoms with Crippen LogP contribution in [0.1, 0.15) is 11.8 Å². The van der Waals surface area contributed by atoms with Gasteiger partial charge in [-0.1, -0.05) is 0 Å². The Bertz CT molecular complexity index is 921. The molecule has 1 aliphatic rings. The van der Waals surface area contributed by atoms with Crippen molar-refractivity contribution in [3.05, 3.63) is 22.1 Å². The van der Waals surface area contributed by atoms with Crippen molar-refractivity contribution in [3.8, 4) is 0 Å². The van der Waals surface area contributed by atoms with E-state index in [2.05, 4.69) is 9.97 Å². The monoisotopic (exact) mass is 390 g/mol. The molecule has 0 aliphatic carbocycles. The summed E-state index contributed by atoms with van der Waals surface area (Å²) in [5.41, 5.74) is 6.00. The van der Waals surface area contributed by atoms with Gasteiger partial charge in [-0.3, -0.25) is 14.3 Å². The molecule has 1 unspecified atom stereocenters. The normalized spacial score (nSPS) is 26.7. The standard InChI is InChI=1S/C13H19N4O8P/c1-5-3-17(9-6(5)10(19)16-13(14)15-9)11-8(23-2)7(18)12(25-11)24-4-26(20,21)22/h3,7-8,11-12,18H,4H2,1-2H3,(H2,20,21,22)(H3,14,15,16,19)/t7?,8-,11-,12+/m1/s1. The number of methoxy groups -OCH3 is 1. The number of nitrogen functional groups attached to an aromatic ring is 1. The lowest BCUT2D eigenvalue weighted by atomic mass is 10.2. The second kappa shape index (κ2) is 6.74. The molecule has 0 spiro atoms. The predicted octanol–water partition coefficient (Wildman–Crippen LogP) is -1.00. The molecular formula is C13H19N4O8P. The van der Waals surface area contributed by atoms with E-state index in [1.807, 2.05) is 0 Å². The Hall–Kier alpha value is -1.79. The van der Waals surface area contributed by atoms with E-state index < -0.39 is 44.2 Å². The molecule has 144 valence electrons. The molecule has 6 N–H and O–H groups in total. The lowest BCUT2D eigenvalue weighted by Crippen LogP contribution is -2.34. The number of aromatic amines is 1. The van der Waals surface area contributed by atoms with Gasteiger partial charge in [-0.2, -0.15) is 4.98 Å². The van der Waals surface area contributed by atoms with Crippen LogP contribution in [0, 0.1) is 6.92 Å². The van der Waals surface area contributed by atoms with Gasteiger partial charge < -0.3 is 39.4 Å². The average molecular weight is 390 g/mol. The number of nitrogens with zero attached hydrogens (tertiary/aromatic N) is 2. The maximum atomic E-state index is 12.1. The topological polar surface area (TPSA) is 182 Å². The zero-order chi connectivity index (χ0) is 19.2. The number of ether oxygens (including phenoxy) is 3. The molecule has 4 atom stereocenters. The highest BCUT2D eigenvalue weighted by molar-refractivity contribution is 7.51. The third-order valence-corrected chi connectivity index (χ3v) is 4.50. The van der Waals surface area contributed by atoms with Gasteiger partial charge in [0, 0.05) is 13.3 Å². The molecule has 0 aromatic carbocycles. The fourth-order valence-electron chi connectivity index (χ4n) is 2.96. The van der Waals surface area contributed by atoms with Crippen molar-refractivity contribution in [2.75, 3.05) is 19.2 Å². The number of nitrogens with one attached hydrogen (secondary N) is 1. The first-order valence-corrected chi connectivity index (χ1v) is 9.31. The summed E-state index contributed by atoms with van der Waals surface area (Å²) in [4.78, 5) is 36.5. The van der Waals surface area contributed by atoms with E-state index in [4.69, 9.17) is 29.7 Å². The molecule has 1 saturated heterocycles. The van der Waals surface area contributed by atoms with E-state index in [1.165, 1.54) is 11.7 Å². The summed E-state index contributed by atoms with van der Waals surface area (Å²) < 4.78 is 28.3. The fourth-order valence-corrected chi connectivity index (χ4v) is 3.30. The Morgan fingerprint density at radius 3 is 2.81 bits per heavy atom. The summed E-state index contributed by atoms with van der Waals surface area (Å²) in [6.07, 6.45) is -3.89. The van der Waals surface area contributed by atoms with Gasteiger partial charge in [-0.05, 0) is 12.5 Å². The van der Waals surface area contributed by atoms with Gasteiger partial charge in [0.25, 0.3) is 5.56 Å². The number of H-pyrrole nitrogens is 1. The Morgan fingerprint density at radius 2 is 2.19 bits per heavy atom. The van der Waals surface area contributed by atoms with E-state index in [1.54, 1.807) is 13.1 Å². The van der Waals surface area contributed by atoms with E-state index in [0.717, 1.165) is 0 Å². The summed E-state index contributed by atoms with van der Waals surface area (Å²) in [5, 5.41) is 10.6. The summed E-state index contributed by atoms with van der Waals surface area (Å²) in [5.74, 6) is -0.0938. The zero-order valence-electron chi connectivity index (χ0n) is 13.9. The number of fused-ring (bicyclic) bond motifs is 1. The van der Waals surface area contributed by atoms with Gasteiger partial charge in [0.05, 0.1) is 5.39 Å². The van der Waals surface area contributed by atoms with Crippen LogP contribution in [-0.4, -0.2) is 61.4 Å². The Balaban J connectivity index is 1.99. The first-order chi connectivity index (χ1) is 12.1. The van der Waals surface area contributed by atoms with E-state index >= 15 is 0 Å². The molecule has 13 heteroatoms. The maximum Gasteiger partial charge on any atom is 0.351 e. The zero-order valence-corrected chi connectivity index (χ0v) is 14.8. The highest BCUT2D eigenvalue weighted by atomic mass is 31.2. The summed E-state index contributed by atoms with van der Waals surface area (Å²) in [6.45, 7) is 1.70. The van der Waals surface area contributed by atoms with Crippen LogP contribution in [0.25, 0.3) is 11.0 Å². The minimum atomic E-state index is -4.45. The Labute approximate surface area is 146 Å². The number of aliphatic hydroxyl groups excluding tert-OH is 1. The van der Waals surface area contributed by atoms with Crippen LogP contribution in [0.5, 0.6) is 0 Å². The van der Waals surface area contributed by atoms with Crippen LogP contribution in [0.4, 0.5) is 5.95 Å². The summed E-state index contributed by atoms with van der Waals surface area (Å²) in [7, 11) is -3.11. The minimum absolute atomic E-state index is 0.0938. The molecule has 0 radical (unpaired) electrons. The van der Waals surface area contributed by atoms with Gasteiger partial charge in [-0.25, -0.2) is 0 Å². The molecule has 26 heavy (non-hydrogen) atoms. The van der Waals surface area contributed by atoms with Gasteiger partial charge in [0.1, 0.15) is 12.2 Å². The number of aromatic nitrogens is 3. The molecule has 0 amide bonds. The highest BCUT2D eigenvalue weighted by Gasteiger charge is 2.47. The van der Waals surface area contributed by atoms with Crippen molar-refractivity contribution < 1.29 is 33.7 Å². The Kier molecular flexibility index (Phi) is 4.92. The number of rotatable bonds is 5. The lowest BCUT2D eigenvalue weighted by Gasteiger charge is -2.20. The first-order valence-electron chi connectivity index (χ1n) is 7.52. The molecule has 2 aromatic rings. The van der Waals surface area contributed by atoms with E-state index in [0.29, 0.717) is 10.9 Å². The van der Waals surface area contributed by atoms with Crippen molar-refractivity contribution in [3.63, 3.8) is 0 Å². The van der Waals surface area contributed by atoms with Gasteiger partial charge in [-0.15, -0.1) is 0 Å². The molecule has 1 aliphatic heterocycles. The fraction of sp³-hybridized carbons (Fsp3) is 0.538. The number of nitrogens with two attached hydrogens (primary N) is 1. The molecule has 0 bridgehead atoms. The lowest BCUT2D eigenvalue weighted by molar-refractivity contribution is -0.167.